The van der Waals surface area contributed by atoms with E-state index in [4.69, 9.17) is 4.74 Å². The van der Waals surface area contributed by atoms with E-state index in [9.17, 15) is 4.79 Å². The first-order chi connectivity index (χ1) is 11.6. The highest BCUT2D eigenvalue weighted by molar-refractivity contribution is 5.95. The van der Waals surface area contributed by atoms with Gasteiger partial charge in [0.25, 0.3) is 0 Å². The average Bonchev–Trinajstić information content (AvgIpc) is 3.00. The summed E-state index contributed by atoms with van der Waals surface area (Å²) in [4.78, 5) is 12.1. The Balaban J connectivity index is 1.89. The number of carbonyl (C=O) groups excluding carboxylic acids is 1. The van der Waals surface area contributed by atoms with Crippen molar-refractivity contribution in [2.75, 3.05) is 11.9 Å². The molecule has 1 aliphatic heterocycles. The number of allylic oxidation sites excluding steroid dienone is 1. The van der Waals surface area contributed by atoms with E-state index in [0.717, 1.165) is 28.1 Å². The van der Waals surface area contributed by atoms with Crippen LogP contribution in [0.1, 0.15) is 30.4 Å². The first-order valence-corrected chi connectivity index (χ1v) is 7.91. The minimum Gasteiger partial charge on any atom is -0.489 e. The molecule has 0 spiro atoms. The van der Waals surface area contributed by atoms with Crippen molar-refractivity contribution in [2.45, 2.75) is 25.8 Å². The number of carbonyl (C=O) groups is 1. The van der Waals surface area contributed by atoms with Crippen LogP contribution in [0.25, 0.3) is 0 Å². The molecule has 3 rings (SSSR count). The van der Waals surface area contributed by atoms with Gasteiger partial charge in [0, 0.05) is 30.3 Å². The van der Waals surface area contributed by atoms with E-state index in [2.05, 4.69) is 23.6 Å². The van der Waals surface area contributed by atoms with Crippen molar-refractivity contribution in [3.05, 3.63) is 66.5 Å². The summed E-state index contributed by atoms with van der Waals surface area (Å²) in [6.07, 6.45) is 6.00. The van der Waals surface area contributed by atoms with Crippen LogP contribution >= 0.6 is 0 Å². The van der Waals surface area contributed by atoms with E-state index >= 15 is 0 Å². The van der Waals surface area contributed by atoms with E-state index in [-0.39, 0.29) is 11.8 Å². The molecule has 5 heteroatoms. The summed E-state index contributed by atoms with van der Waals surface area (Å²) in [5.41, 5.74) is 3.86. The van der Waals surface area contributed by atoms with Crippen LogP contribution < -0.4 is 10.1 Å². The van der Waals surface area contributed by atoms with Gasteiger partial charge in [-0.05, 0) is 29.7 Å². The van der Waals surface area contributed by atoms with E-state index in [0.29, 0.717) is 19.6 Å². The largest absolute Gasteiger partial charge is 0.489 e. The Bertz CT molecular complexity index is 792. The molecule has 0 saturated carbocycles. The third kappa shape index (κ3) is 3.40. The second-order valence-corrected chi connectivity index (χ2v) is 6.08. The van der Waals surface area contributed by atoms with Crippen LogP contribution in [0, 0.1) is 0 Å². The number of amides is 1. The molecule has 1 atom stereocenters. The first-order valence-electron chi connectivity index (χ1n) is 7.91. The lowest BCUT2D eigenvalue weighted by Gasteiger charge is -2.25. The molecule has 0 aliphatic carbocycles. The fraction of sp³-hybridized carbons (Fsp3) is 0.263. The zero-order valence-electron chi connectivity index (χ0n) is 13.8. The predicted octanol–water partition coefficient (Wildman–Crippen LogP) is 3.50. The van der Waals surface area contributed by atoms with Crippen molar-refractivity contribution >= 4 is 11.6 Å². The summed E-state index contributed by atoms with van der Waals surface area (Å²) in [6.45, 7) is 10.6. The van der Waals surface area contributed by atoms with Gasteiger partial charge in [0.2, 0.25) is 5.91 Å². The van der Waals surface area contributed by atoms with Crippen LogP contribution in [0.5, 0.6) is 5.75 Å². The van der Waals surface area contributed by atoms with Crippen LogP contribution in [0.3, 0.4) is 0 Å². The maximum atomic E-state index is 12.1. The van der Waals surface area contributed by atoms with Gasteiger partial charge in [0.15, 0.2) is 0 Å². The van der Waals surface area contributed by atoms with Crippen LogP contribution in [0.15, 0.2) is 55.4 Å². The number of rotatable bonds is 6. The summed E-state index contributed by atoms with van der Waals surface area (Å²) in [6, 6.07) is 5.81. The summed E-state index contributed by atoms with van der Waals surface area (Å²) in [7, 11) is 0. The van der Waals surface area contributed by atoms with Crippen molar-refractivity contribution in [2.24, 2.45) is 0 Å². The Hall–Kier alpha value is -2.82. The summed E-state index contributed by atoms with van der Waals surface area (Å²) >= 11 is 0. The molecule has 1 unspecified atom stereocenters. The molecule has 0 fully saturated rings. The second-order valence-electron chi connectivity index (χ2n) is 6.08. The molecule has 1 aliphatic rings. The Morgan fingerprint density at radius 2 is 2.38 bits per heavy atom. The first kappa shape index (κ1) is 16.1. The number of nitrogens with one attached hydrogen (secondary N) is 1. The van der Waals surface area contributed by atoms with Crippen molar-refractivity contribution in [3.63, 3.8) is 0 Å². The Labute approximate surface area is 141 Å². The van der Waals surface area contributed by atoms with Crippen LogP contribution in [-0.2, 0) is 11.3 Å². The number of aromatic nitrogens is 2. The number of benzene rings is 1. The molecule has 1 amide bonds. The van der Waals surface area contributed by atoms with Crippen LogP contribution in [-0.4, -0.2) is 22.3 Å². The van der Waals surface area contributed by atoms with Gasteiger partial charge in [-0.25, -0.2) is 0 Å². The maximum Gasteiger partial charge on any atom is 0.225 e. The molecule has 5 nitrogen and oxygen atoms in total. The topological polar surface area (TPSA) is 56.2 Å². The Morgan fingerprint density at radius 3 is 3.12 bits per heavy atom. The van der Waals surface area contributed by atoms with E-state index in [1.807, 2.05) is 42.2 Å². The summed E-state index contributed by atoms with van der Waals surface area (Å²) < 4.78 is 7.49. The van der Waals surface area contributed by atoms with Crippen molar-refractivity contribution in [1.82, 2.24) is 9.78 Å². The van der Waals surface area contributed by atoms with Crippen LogP contribution in [0.2, 0.25) is 0 Å². The van der Waals surface area contributed by atoms with Gasteiger partial charge in [0.05, 0.1) is 12.7 Å². The lowest BCUT2D eigenvalue weighted by Crippen LogP contribution is -2.23. The molecule has 2 aromatic rings. The monoisotopic (exact) mass is 323 g/mol. The zero-order chi connectivity index (χ0) is 17.1. The molecule has 2 heterocycles. The zero-order valence-corrected chi connectivity index (χ0v) is 13.8. The number of nitrogens with zero attached hydrogens (tertiary/aromatic N) is 2. The lowest BCUT2D eigenvalue weighted by molar-refractivity contribution is -0.116. The number of fused-ring (bicyclic) bond motifs is 1. The third-order valence-electron chi connectivity index (χ3n) is 3.92. The molecular weight excluding hydrogens is 302 g/mol. The summed E-state index contributed by atoms with van der Waals surface area (Å²) in [5, 5.41) is 7.26. The van der Waals surface area contributed by atoms with Crippen LogP contribution in [0.4, 0.5) is 5.69 Å². The number of ether oxygens (including phenoxy) is 1. The molecule has 1 aromatic carbocycles. The summed E-state index contributed by atoms with van der Waals surface area (Å²) in [5.74, 6) is 0.726. The number of anilines is 1. The molecule has 0 bridgehead atoms. The smallest absolute Gasteiger partial charge is 0.225 e. The van der Waals surface area contributed by atoms with Gasteiger partial charge in [-0.15, -0.1) is 6.58 Å². The maximum absolute atomic E-state index is 12.1. The second kappa shape index (κ2) is 6.74. The third-order valence-corrected chi connectivity index (χ3v) is 3.92. The van der Waals surface area contributed by atoms with E-state index < -0.39 is 0 Å². The predicted molar refractivity (Wildman–Crippen MR) is 94.3 cm³/mol. The molecular formula is C19H21N3O2. The SMILES string of the molecule is C=CCn1cc(C2CC(=O)Nc3cc(OCC(=C)C)ccc32)cn1. The molecule has 1 N–H and O–H groups in total. The molecule has 1 aromatic heterocycles. The lowest BCUT2D eigenvalue weighted by atomic mass is 9.86. The molecule has 0 saturated heterocycles. The highest BCUT2D eigenvalue weighted by Crippen LogP contribution is 2.38. The number of hydrogen-bond donors (Lipinski definition) is 1. The average molecular weight is 323 g/mol. The minimum absolute atomic E-state index is 0.000946. The van der Waals surface area contributed by atoms with Gasteiger partial charge in [0.1, 0.15) is 12.4 Å². The Morgan fingerprint density at radius 1 is 1.54 bits per heavy atom. The van der Waals surface area contributed by atoms with Crippen molar-refractivity contribution < 1.29 is 9.53 Å². The van der Waals surface area contributed by atoms with Gasteiger partial charge in [-0.1, -0.05) is 18.7 Å². The van der Waals surface area contributed by atoms with E-state index in [1.54, 1.807) is 6.08 Å². The van der Waals surface area contributed by atoms with Gasteiger partial charge in [-0.2, -0.15) is 5.10 Å². The van der Waals surface area contributed by atoms with E-state index in [1.165, 1.54) is 0 Å². The van der Waals surface area contributed by atoms with Gasteiger partial charge in [-0.3, -0.25) is 9.48 Å². The molecule has 124 valence electrons. The fourth-order valence-electron chi connectivity index (χ4n) is 2.83. The highest BCUT2D eigenvalue weighted by Gasteiger charge is 2.27. The highest BCUT2D eigenvalue weighted by atomic mass is 16.5. The quantitative estimate of drug-likeness (QED) is 0.828. The number of hydrogen-bond acceptors (Lipinski definition) is 3. The van der Waals surface area contributed by atoms with Crippen molar-refractivity contribution in [1.29, 1.82) is 0 Å². The molecule has 0 radical (unpaired) electrons. The standard InChI is InChI=1S/C19H21N3O2/c1-4-7-22-11-14(10-20-22)17-9-19(23)21-18-8-15(5-6-16(17)18)24-12-13(2)3/h4-6,8,10-11,17H,1-2,7,9,12H2,3H3,(H,21,23). The minimum atomic E-state index is 0.000946. The van der Waals surface area contributed by atoms with Crippen molar-refractivity contribution in [3.8, 4) is 5.75 Å². The fourth-order valence-corrected chi connectivity index (χ4v) is 2.83. The molecule has 24 heavy (non-hydrogen) atoms. The normalized spacial score (nSPS) is 16.2. The van der Waals surface area contributed by atoms with Gasteiger partial charge >= 0.3 is 0 Å². The Kier molecular flexibility index (Phi) is 4.51. The van der Waals surface area contributed by atoms with Gasteiger partial charge < -0.3 is 10.1 Å².